The quantitative estimate of drug-likeness (QED) is 0.809. The Morgan fingerprint density at radius 2 is 1.38 bits per heavy atom. The van der Waals surface area contributed by atoms with Gasteiger partial charge in [0.2, 0.25) is 0 Å². The summed E-state index contributed by atoms with van der Waals surface area (Å²) < 4.78 is 5.61. The molecule has 1 atom stereocenters. The van der Waals surface area contributed by atoms with E-state index in [0.29, 0.717) is 25.6 Å². The Morgan fingerprint density at radius 1 is 0.958 bits per heavy atom. The van der Waals surface area contributed by atoms with Crippen molar-refractivity contribution in [3.05, 3.63) is 71.8 Å². The summed E-state index contributed by atoms with van der Waals surface area (Å²) in [6.45, 7) is 5.25. The van der Waals surface area contributed by atoms with Crippen molar-refractivity contribution in [3.63, 3.8) is 0 Å². The molecule has 4 heteroatoms. The first-order valence-electron chi connectivity index (χ1n) is 8.13. The van der Waals surface area contributed by atoms with E-state index in [1.54, 1.807) is 0 Å². The van der Waals surface area contributed by atoms with Gasteiger partial charge in [-0.2, -0.15) is 0 Å². The van der Waals surface area contributed by atoms with Crippen LogP contribution >= 0.6 is 0 Å². The van der Waals surface area contributed by atoms with E-state index in [1.165, 1.54) is 11.1 Å². The van der Waals surface area contributed by atoms with Crippen molar-refractivity contribution in [2.75, 3.05) is 0 Å². The number of ether oxygens (including phenoxy) is 1. The van der Waals surface area contributed by atoms with Crippen LogP contribution in [0.25, 0.3) is 0 Å². The second-order valence-corrected chi connectivity index (χ2v) is 6.04. The highest BCUT2D eigenvalue weighted by Crippen LogP contribution is 2.05. The van der Waals surface area contributed by atoms with Crippen LogP contribution in [-0.4, -0.2) is 17.1 Å². The van der Waals surface area contributed by atoms with E-state index in [1.807, 2.05) is 50.2 Å². The van der Waals surface area contributed by atoms with Crippen molar-refractivity contribution >= 4 is 5.97 Å². The van der Waals surface area contributed by atoms with Crippen molar-refractivity contribution in [2.45, 2.75) is 39.5 Å². The first kappa shape index (κ1) is 19.9. The number of hydrogen-bond donors (Lipinski definition) is 2. The topological polar surface area (TPSA) is 72.6 Å². The third-order valence-electron chi connectivity index (χ3n) is 3.27. The Morgan fingerprint density at radius 3 is 1.67 bits per heavy atom. The number of rotatable bonds is 7. The molecule has 2 aromatic rings. The number of carboxylic acids is 1. The minimum atomic E-state index is -0.913. The zero-order valence-electron chi connectivity index (χ0n) is 14.4. The van der Waals surface area contributed by atoms with Crippen molar-refractivity contribution in [2.24, 2.45) is 11.7 Å². The first-order valence-corrected chi connectivity index (χ1v) is 8.13. The molecule has 0 aliphatic rings. The van der Waals surface area contributed by atoms with Gasteiger partial charge in [0.1, 0.15) is 6.04 Å². The third-order valence-corrected chi connectivity index (χ3v) is 3.27. The average molecular weight is 329 g/mol. The van der Waals surface area contributed by atoms with Gasteiger partial charge in [-0.25, -0.2) is 0 Å². The van der Waals surface area contributed by atoms with Gasteiger partial charge in [-0.3, -0.25) is 4.79 Å². The lowest BCUT2D eigenvalue weighted by Crippen LogP contribution is -2.31. The Hall–Kier alpha value is -2.17. The van der Waals surface area contributed by atoms with Gasteiger partial charge < -0.3 is 15.6 Å². The van der Waals surface area contributed by atoms with Crippen LogP contribution in [0.4, 0.5) is 0 Å². The summed E-state index contributed by atoms with van der Waals surface area (Å²) in [6, 6.07) is 19.8. The fourth-order valence-electron chi connectivity index (χ4n) is 2.04. The van der Waals surface area contributed by atoms with E-state index >= 15 is 0 Å². The zero-order chi connectivity index (χ0) is 17.8. The van der Waals surface area contributed by atoms with Gasteiger partial charge in [-0.1, -0.05) is 74.5 Å². The molecule has 0 bridgehead atoms. The zero-order valence-corrected chi connectivity index (χ0v) is 14.4. The maximum absolute atomic E-state index is 10.1. The normalized spacial score (nSPS) is 11.5. The van der Waals surface area contributed by atoms with Gasteiger partial charge in [-0.15, -0.1) is 0 Å². The first-order chi connectivity index (χ1) is 11.5. The van der Waals surface area contributed by atoms with Crippen molar-refractivity contribution in [1.82, 2.24) is 0 Å². The van der Waals surface area contributed by atoms with Crippen LogP contribution in [0.15, 0.2) is 60.7 Å². The molecule has 0 aromatic heterocycles. The van der Waals surface area contributed by atoms with Gasteiger partial charge in [0.05, 0.1) is 13.2 Å². The maximum atomic E-state index is 10.1. The molecule has 0 saturated heterocycles. The van der Waals surface area contributed by atoms with Crippen LogP contribution in [0, 0.1) is 5.92 Å². The summed E-state index contributed by atoms with van der Waals surface area (Å²) in [5, 5.41) is 8.31. The number of nitrogens with two attached hydrogens (primary N) is 1. The summed E-state index contributed by atoms with van der Waals surface area (Å²) in [5.74, 6) is -0.556. The number of carboxylic acid groups (broad SMARTS) is 1. The predicted molar refractivity (Wildman–Crippen MR) is 96.4 cm³/mol. The molecule has 2 aromatic carbocycles. The van der Waals surface area contributed by atoms with Crippen LogP contribution in [-0.2, 0) is 22.7 Å². The molecule has 0 heterocycles. The monoisotopic (exact) mass is 329 g/mol. The fourth-order valence-corrected chi connectivity index (χ4v) is 2.04. The van der Waals surface area contributed by atoms with Crippen LogP contribution in [0.3, 0.4) is 0 Å². The molecule has 0 aliphatic carbocycles. The summed E-state index contributed by atoms with van der Waals surface area (Å²) >= 11 is 0. The Balaban J connectivity index is 0.000000277. The lowest BCUT2D eigenvalue weighted by atomic mass is 10.1. The van der Waals surface area contributed by atoms with Crippen molar-refractivity contribution in [1.29, 1.82) is 0 Å². The van der Waals surface area contributed by atoms with Gasteiger partial charge in [0.25, 0.3) is 0 Å². The third kappa shape index (κ3) is 9.08. The highest BCUT2D eigenvalue weighted by atomic mass is 16.5. The van der Waals surface area contributed by atoms with Gasteiger partial charge in [0, 0.05) is 0 Å². The summed E-state index contributed by atoms with van der Waals surface area (Å²) in [4.78, 5) is 10.1. The van der Waals surface area contributed by atoms with Crippen LogP contribution < -0.4 is 5.73 Å². The maximum Gasteiger partial charge on any atom is 0.320 e. The lowest BCUT2D eigenvalue weighted by molar-refractivity contribution is -0.138. The van der Waals surface area contributed by atoms with Gasteiger partial charge in [-0.05, 0) is 23.5 Å². The Bertz CT molecular complexity index is 530. The van der Waals surface area contributed by atoms with Crippen LogP contribution in [0.1, 0.15) is 31.4 Å². The molecule has 4 nitrogen and oxygen atoms in total. The summed E-state index contributed by atoms with van der Waals surface area (Å²) in [6.07, 6.45) is 0.551. The molecule has 0 unspecified atom stereocenters. The van der Waals surface area contributed by atoms with Gasteiger partial charge >= 0.3 is 5.97 Å². The van der Waals surface area contributed by atoms with Crippen molar-refractivity contribution < 1.29 is 14.6 Å². The fraction of sp³-hybridized carbons (Fsp3) is 0.350. The number of aliphatic carboxylic acids is 1. The highest BCUT2D eigenvalue weighted by Gasteiger charge is 2.11. The molecule has 0 radical (unpaired) electrons. The highest BCUT2D eigenvalue weighted by molar-refractivity contribution is 5.72. The van der Waals surface area contributed by atoms with Crippen LogP contribution in [0.5, 0.6) is 0 Å². The number of benzene rings is 2. The number of hydrogen-bond acceptors (Lipinski definition) is 3. The van der Waals surface area contributed by atoms with E-state index in [2.05, 4.69) is 24.3 Å². The summed E-state index contributed by atoms with van der Waals surface area (Å²) in [5.41, 5.74) is 7.65. The number of carbonyl (C=O) groups is 1. The SMILES string of the molecule is CC(C)C[C@H](N)C(=O)O.c1ccc(COCc2ccccc2)cc1. The lowest BCUT2D eigenvalue weighted by Gasteiger charge is -2.07. The molecule has 0 amide bonds. The van der Waals surface area contributed by atoms with Crippen molar-refractivity contribution in [3.8, 4) is 0 Å². The van der Waals surface area contributed by atoms with E-state index < -0.39 is 12.0 Å². The van der Waals surface area contributed by atoms with E-state index in [-0.39, 0.29) is 0 Å². The molecule has 24 heavy (non-hydrogen) atoms. The molecular weight excluding hydrogens is 302 g/mol. The largest absolute Gasteiger partial charge is 0.480 e. The molecule has 0 saturated carbocycles. The minimum absolute atomic E-state index is 0.357. The molecule has 3 N–H and O–H groups in total. The Labute approximate surface area is 144 Å². The minimum Gasteiger partial charge on any atom is -0.480 e. The molecular formula is C20H27NO3. The molecule has 0 fully saturated rings. The van der Waals surface area contributed by atoms with E-state index in [9.17, 15) is 4.79 Å². The average Bonchev–Trinajstić information content (AvgIpc) is 2.57. The van der Waals surface area contributed by atoms with Crippen LogP contribution in [0.2, 0.25) is 0 Å². The predicted octanol–water partition coefficient (Wildman–Crippen LogP) is 3.85. The second-order valence-electron chi connectivity index (χ2n) is 6.04. The standard InChI is InChI=1S/C14H14O.C6H13NO2/c1-3-7-13(8-4-1)11-15-12-14-9-5-2-6-10-14;1-4(2)3-5(7)6(8)9/h1-10H,11-12H2;4-5H,3,7H2,1-2H3,(H,8,9)/t;5-/m.0/s1. The molecule has 0 spiro atoms. The Kier molecular flexibility index (Phi) is 9.42. The smallest absolute Gasteiger partial charge is 0.320 e. The molecule has 130 valence electrons. The molecule has 0 aliphatic heterocycles. The summed E-state index contributed by atoms with van der Waals surface area (Å²) in [7, 11) is 0. The molecule has 2 rings (SSSR count). The van der Waals surface area contributed by atoms with E-state index in [4.69, 9.17) is 15.6 Å². The second kappa shape index (κ2) is 11.4. The van der Waals surface area contributed by atoms with Gasteiger partial charge in [0.15, 0.2) is 0 Å². The van der Waals surface area contributed by atoms with E-state index in [0.717, 1.165) is 0 Å².